The Bertz CT molecular complexity index is 1180. The molecule has 0 atom stereocenters. The Balaban J connectivity index is 1.95. The van der Waals surface area contributed by atoms with Gasteiger partial charge >= 0.3 is 12.4 Å². The number of nitrogens with zero attached hydrogens (tertiary/aromatic N) is 4. The van der Waals surface area contributed by atoms with Crippen LogP contribution in [0.4, 0.5) is 26.3 Å². The lowest BCUT2D eigenvalue weighted by molar-refractivity contribution is -0.141. The maximum atomic E-state index is 12.7. The Morgan fingerprint density at radius 2 is 1.90 bits per heavy atom. The van der Waals surface area contributed by atoms with E-state index in [2.05, 4.69) is 10.1 Å². The summed E-state index contributed by atoms with van der Waals surface area (Å²) in [6.45, 7) is -0.531. The van der Waals surface area contributed by atoms with Gasteiger partial charge in [-0.25, -0.2) is 14.1 Å². The lowest BCUT2D eigenvalue weighted by Crippen LogP contribution is -2.35. The average molecular weight is 474 g/mol. The second-order valence-corrected chi connectivity index (χ2v) is 7.59. The summed E-state index contributed by atoms with van der Waals surface area (Å²) >= 11 is 6.61. The smallest absolute Gasteiger partial charge is 0.342 e. The summed E-state index contributed by atoms with van der Waals surface area (Å²) in [5, 5.41) is 4.67. The van der Waals surface area contributed by atoms with E-state index in [1.807, 2.05) is 0 Å². The van der Waals surface area contributed by atoms with Crippen molar-refractivity contribution in [3.05, 3.63) is 49.6 Å². The molecule has 0 saturated carbocycles. The van der Waals surface area contributed by atoms with E-state index >= 15 is 0 Å². The van der Waals surface area contributed by atoms with Crippen molar-refractivity contribution in [2.75, 3.05) is 6.54 Å². The molecule has 3 aromatic rings. The van der Waals surface area contributed by atoms with Gasteiger partial charge in [-0.3, -0.25) is 9.59 Å². The predicted molar refractivity (Wildman–Crippen MR) is 93.8 cm³/mol. The molecule has 0 fully saturated rings. The standard InChI is InChI=1S/C15H10ClF6N5O2S/c1-6-11(12(29)23-5-14(17,18)19)27-10(28)2-7(24-13(27)30-6)4-26-9(16)3-8(25-26)15(20,21)22/h2-3H,4-5H2,1H3,(H,23,29). The zero-order valence-corrected chi connectivity index (χ0v) is 16.3. The molecular weight excluding hydrogens is 464 g/mol. The van der Waals surface area contributed by atoms with E-state index in [1.54, 1.807) is 5.32 Å². The van der Waals surface area contributed by atoms with Crippen LogP contribution in [0.2, 0.25) is 5.15 Å². The fourth-order valence-electron chi connectivity index (χ4n) is 2.53. The van der Waals surface area contributed by atoms with Gasteiger partial charge in [0.25, 0.3) is 11.5 Å². The second-order valence-electron chi connectivity index (χ2n) is 6.02. The van der Waals surface area contributed by atoms with E-state index in [-0.39, 0.29) is 32.9 Å². The van der Waals surface area contributed by atoms with Crippen LogP contribution in [0.5, 0.6) is 0 Å². The largest absolute Gasteiger partial charge is 0.435 e. The normalized spacial score (nSPS) is 12.5. The SMILES string of the molecule is Cc1sc2nc(Cn3nc(C(F)(F)F)cc3Cl)cc(=O)n2c1C(=O)NCC(F)(F)F. The number of hydrogen-bond acceptors (Lipinski definition) is 5. The van der Waals surface area contributed by atoms with Crippen LogP contribution in [-0.4, -0.2) is 37.8 Å². The van der Waals surface area contributed by atoms with Crippen LogP contribution in [0.15, 0.2) is 16.9 Å². The molecule has 3 rings (SSSR count). The van der Waals surface area contributed by atoms with Gasteiger partial charge in [-0.2, -0.15) is 31.4 Å². The second kappa shape index (κ2) is 7.58. The summed E-state index contributed by atoms with van der Waals surface area (Å²) in [4.78, 5) is 28.9. The third kappa shape index (κ3) is 4.59. The van der Waals surface area contributed by atoms with Gasteiger partial charge in [0.1, 0.15) is 17.4 Å². The van der Waals surface area contributed by atoms with Crippen LogP contribution >= 0.6 is 22.9 Å². The number of fused-ring (bicyclic) bond motifs is 1. The lowest BCUT2D eigenvalue weighted by Gasteiger charge is -2.09. The molecule has 3 aromatic heterocycles. The maximum Gasteiger partial charge on any atom is 0.435 e. The molecule has 1 amide bonds. The molecule has 0 radical (unpaired) electrons. The van der Waals surface area contributed by atoms with E-state index in [1.165, 1.54) is 6.92 Å². The minimum atomic E-state index is -4.71. The highest BCUT2D eigenvalue weighted by molar-refractivity contribution is 7.17. The zero-order chi connectivity index (χ0) is 22.4. The number of aromatic nitrogens is 4. The van der Waals surface area contributed by atoms with Crippen molar-refractivity contribution in [3.8, 4) is 0 Å². The van der Waals surface area contributed by atoms with E-state index in [9.17, 15) is 35.9 Å². The van der Waals surface area contributed by atoms with E-state index in [0.717, 1.165) is 26.5 Å². The van der Waals surface area contributed by atoms with Gasteiger partial charge in [0.2, 0.25) is 0 Å². The number of thiazole rings is 1. The number of rotatable bonds is 4. The molecule has 0 aliphatic heterocycles. The third-order valence-corrected chi connectivity index (χ3v) is 5.00. The first-order valence-corrected chi connectivity index (χ1v) is 9.13. The number of amides is 1. The molecule has 30 heavy (non-hydrogen) atoms. The van der Waals surface area contributed by atoms with Crippen molar-refractivity contribution in [1.82, 2.24) is 24.5 Å². The quantitative estimate of drug-likeness (QED) is 0.590. The lowest BCUT2D eigenvalue weighted by atomic mass is 10.3. The van der Waals surface area contributed by atoms with E-state index in [0.29, 0.717) is 6.07 Å². The Morgan fingerprint density at radius 3 is 2.47 bits per heavy atom. The number of halogens is 7. The van der Waals surface area contributed by atoms with Crippen LogP contribution in [-0.2, 0) is 12.7 Å². The first-order valence-electron chi connectivity index (χ1n) is 7.94. The highest BCUT2D eigenvalue weighted by Crippen LogP contribution is 2.30. The molecule has 1 N–H and O–H groups in total. The summed E-state index contributed by atoms with van der Waals surface area (Å²) in [5.74, 6) is -1.11. The van der Waals surface area contributed by atoms with Crippen LogP contribution in [0.3, 0.4) is 0 Å². The topological polar surface area (TPSA) is 81.3 Å². The summed E-state index contributed by atoms with van der Waals surface area (Å²) in [6.07, 6.45) is -9.35. The number of aryl methyl sites for hydroxylation is 1. The minimum Gasteiger partial charge on any atom is -0.342 e. The Hall–Kier alpha value is -2.61. The Kier molecular flexibility index (Phi) is 5.58. The molecule has 0 spiro atoms. The van der Waals surface area contributed by atoms with Gasteiger partial charge in [-0.15, -0.1) is 11.3 Å². The molecule has 7 nitrogen and oxygen atoms in total. The summed E-state index contributed by atoms with van der Waals surface area (Å²) in [7, 11) is 0. The maximum absolute atomic E-state index is 12.7. The summed E-state index contributed by atoms with van der Waals surface area (Å²) in [5.41, 5.74) is -2.32. The predicted octanol–water partition coefficient (Wildman–Crippen LogP) is 3.27. The number of nitrogens with one attached hydrogen (secondary N) is 1. The molecule has 0 unspecified atom stereocenters. The van der Waals surface area contributed by atoms with Crippen LogP contribution in [0.1, 0.15) is 26.8 Å². The molecular formula is C15H10ClF6N5O2S. The molecule has 0 aliphatic carbocycles. The van der Waals surface area contributed by atoms with Gasteiger partial charge in [0, 0.05) is 17.0 Å². The number of hydrogen-bond donors (Lipinski definition) is 1. The third-order valence-electron chi connectivity index (χ3n) is 3.74. The van der Waals surface area contributed by atoms with Gasteiger partial charge < -0.3 is 5.32 Å². The minimum absolute atomic E-state index is 0.00206. The van der Waals surface area contributed by atoms with Crippen LogP contribution in [0, 0.1) is 6.92 Å². The molecule has 0 saturated heterocycles. The van der Waals surface area contributed by atoms with Crippen molar-refractivity contribution in [3.63, 3.8) is 0 Å². The average Bonchev–Trinajstić information content (AvgIpc) is 3.12. The molecule has 3 heterocycles. The fraction of sp³-hybridized carbons (Fsp3) is 0.333. The highest BCUT2D eigenvalue weighted by atomic mass is 35.5. The number of carbonyl (C=O) groups excluding carboxylic acids is 1. The number of alkyl halides is 6. The monoisotopic (exact) mass is 473 g/mol. The molecule has 0 aromatic carbocycles. The van der Waals surface area contributed by atoms with Crippen molar-refractivity contribution in [2.24, 2.45) is 0 Å². The van der Waals surface area contributed by atoms with Gasteiger partial charge in [0.15, 0.2) is 10.7 Å². The van der Waals surface area contributed by atoms with Crippen LogP contribution in [0.25, 0.3) is 4.96 Å². The van der Waals surface area contributed by atoms with E-state index < -0.39 is 36.1 Å². The van der Waals surface area contributed by atoms with E-state index in [4.69, 9.17) is 11.6 Å². The first-order chi connectivity index (χ1) is 13.8. The zero-order valence-electron chi connectivity index (χ0n) is 14.7. The van der Waals surface area contributed by atoms with Gasteiger partial charge in [-0.1, -0.05) is 11.6 Å². The van der Waals surface area contributed by atoms with Crippen molar-refractivity contribution >= 4 is 33.8 Å². The highest BCUT2D eigenvalue weighted by Gasteiger charge is 2.35. The summed E-state index contributed by atoms with van der Waals surface area (Å²) < 4.78 is 76.9. The fourth-order valence-corrected chi connectivity index (χ4v) is 3.72. The van der Waals surface area contributed by atoms with Crippen LogP contribution < -0.4 is 10.9 Å². The van der Waals surface area contributed by atoms with Gasteiger partial charge in [0.05, 0.1) is 12.2 Å². The van der Waals surface area contributed by atoms with Crippen molar-refractivity contribution in [2.45, 2.75) is 25.8 Å². The van der Waals surface area contributed by atoms with Gasteiger partial charge in [-0.05, 0) is 6.92 Å². The Morgan fingerprint density at radius 1 is 1.23 bits per heavy atom. The molecule has 15 heteroatoms. The summed E-state index contributed by atoms with van der Waals surface area (Å²) in [6, 6.07) is 1.55. The molecule has 0 bridgehead atoms. The number of carbonyl (C=O) groups is 1. The van der Waals surface area contributed by atoms with Crippen molar-refractivity contribution in [1.29, 1.82) is 0 Å². The first kappa shape index (κ1) is 22.1. The molecule has 0 aliphatic rings. The van der Waals surface area contributed by atoms with Crippen molar-refractivity contribution < 1.29 is 31.1 Å². The Labute approximate surface area is 171 Å². The molecule has 162 valence electrons.